The largest absolute Gasteiger partial charge is 0.311 e. The number of non-ortho nitro benzene ring substituents is 2. The van der Waals surface area contributed by atoms with E-state index in [0.29, 0.717) is 5.57 Å². The van der Waals surface area contributed by atoms with Crippen molar-refractivity contribution < 1.29 is 14.6 Å². The third-order valence-corrected chi connectivity index (χ3v) is 3.84. The van der Waals surface area contributed by atoms with Crippen LogP contribution in [0.3, 0.4) is 0 Å². The Bertz CT molecular complexity index is 1010. The lowest BCUT2D eigenvalue weighted by Crippen LogP contribution is -2.25. The van der Waals surface area contributed by atoms with Crippen molar-refractivity contribution in [3.8, 4) is 6.07 Å². The highest BCUT2D eigenvalue weighted by atomic mass is 16.6. The van der Waals surface area contributed by atoms with Gasteiger partial charge in [-0.3, -0.25) is 25.0 Å². The summed E-state index contributed by atoms with van der Waals surface area (Å²) in [5.74, 6) is -0.651. The van der Waals surface area contributed by atoms with Crippen molar-refractivity contribution in [3.63, 3.8) is 0 Å². The first-order valence-corrected chi connectivity index (χ1v) is 8.35. The monoisotopic (exact) mass is 392 g/mol. The van der Waals surface area contributed by atoms with Gasteiger partial charge in [-0.1, -0.05) is 30.3 Å². The number of nitrogens with zero attached hydrogens (tertiary/aromatic N) is 4. The van der Waals surface area contributed by atoms with E-state index in [4.69, 9.17) is 5.26 Å². The standard InChI is InChI=1S/C20H16N4O5/c1-15(7-9-21)8-10-22(14-16-5-3-2-4-6-16)20(25)17-11-18(23(26)27)13-19(12-17)24(28)29/h2-8,10-13H,14H2,1H3/b10-8+,15-7+. The van der Waals surface area contributed by atoms with Gasteiger partial charge < -0.3 is 4.90 Å². The molecule has 9 heteroatoms. The topological polar surface area (TPSA) is 130 Å². The Morgan fingerprint density at radius 2 is 1.69 bits per heavy atom. The lowest BCUT2D eigenvalue weighted by molar-refractivity contribution is -0.394. The van der Waals surface area contributed by atoms with E-state index in [1.54, 1.807) is 31.2 Å². The van der Waals surface area contributed by atoms with Crippen LogP contribution in [0.4, 0.5) is 11.4 Å². The third-order valence-electron chi connectivity index (χ3n) is 3.84. The molecule has 0 radical (unpaired) electrons. The molecule has 0 spiro atoms. The maximum atomic E-state index is 13.0. The average molecular weight is 392 g/mol. The minimum atomic E-state index is -0.791. The summed E-state index contributed by atoms with van der Waals surface area (Å²) in [7, 11) is 0. The van der Waals surface area contributed by atoms with Gasteiger partial charge in [0.05, 0.1) is 34.1 Å². The molecule has 0 aromatic heterocycles. The summed E-state index contributed by atoms with van der Waals surface area (Å²) >= 11 is 0. The Balaban J connectivity index is 2.48. The van der Waals surface area contributed by atoms with Gasteiger partial charge in [0.2, 0.25) is 0 Å². The molecule has 2 aromatic rings. The SMILES string of the molecule is CC(/C=C/N(Cc1ccccc1)C(=O)c1cc([N+](=O)[O-])cc([N+](=O)[O-])c1)=C\C#N. The number of amides is 1. The minimum absolute atomic E-state index is 0.131. The van der Waals surface area contributed by atoms with Gasteiger partial charge in [0, 0.05) is 24.4 Å². The molecule has 0 saturated carbocycles. The van der Waals surface area contributed by atoms with E-state index in [9.17, 15) is 25.0 Å². The highest BCUT2D eigenvalue weighted by molar-refractivity contribution is 5.96. The maximum Gasteiger partial charge on any atom is 0.277 e. The number of nitro benzene ring substituents is 2. The summed E-state index contributed by atoms with van der Waals surface area (Å²) in [6.45, 7) is 1.80. The first kappa shape index (κ1) is 21.0. The van der Waals surface area contributed by atoms with Crippen molar-refractivity contribution in [2.75, 3.05) is 0 Å². The third kappa shape index (κ3) is 5.83. The fourth-order valence-electron chi connectivity index (χ4n) is 2.43. The molecule has 29 heavy (non-hydrogen) atoms. The van der Waals surface area contributed by atoms with Crippen LogP contribution in [-0.2, 0) is 6.54 Å². The highest BCUT2D eigenvalue weighted by Crippen LogP contribution is 2.24. The predicted molar refractivity (Wildman–Crippen MR) is 105 cm³/mol. The van der Waals surface area contributed by atoms with Crippen molar-refractivity contribution in [1.82, 2.24) is 4.90 Å². The molecule has 0 aliphatic rings. The molecule has 0 aliphatic heterocycles. The van der Waals surface area contributed by atoms with E-state index in [1.165, 1.54) is 23.3 Å². The molecule has 0 heterocycles. The second-order valence-corrected chi connectivity index (χ2v) is 6.00. The normalized spacial score (nSPS) is 11.1. The molecule has 2 rings (SSSR count). The Kier molecular flexibility index (Phi) is 6.92. The summed E-state index contributed by atoms with van der Waals surface area (Å²) in [5.41, 5.74) is 0.0858. The van der Waals surface area contributed by atoms with E-state index in [0.717, 1.165) is 23.8 Å². The van der Waals surface area contributed by atoms with Crippen molar-refractivity contribution in [2.45, 2.75) is 13.5 Å². The van der Waals surface area contributed by atoms with Crippen molar-refractivity contribution in [3.05, 3.63) is 104 Å². The molecule has 0 bridgehead atoms. The number of hydrogen-bond donors (Lipinski definition) is 0. The summed E-state index contributed by atoms with van der Waals surface area (Å²) in [4.78, 5) is 34.9. The van der Waals surface area contributed by atoms with Gasteiger partial charge in [-0.2, -0.15) is 5.26 Å². The molecule has 0 N–H and O–H groups in total. The van der Waals surface area contributed by atoms with E-state index in [1.807, 2.05) is 12.1 Å². The molecule has 1 amide bonds. The van der Waals surface area contributed by atoms with Gasteiger partial charge in [0.1, 0.15) is 0 Å². The van der Waals surface area contributed by atoms with Crippen LogP contribution in [0, 0.1) is 31.6 Å². The van der Waals surface area contributed by atoms with Crippen LogP contribution in [0.5, 0.6) is 0 Å². The number of carbonyl (C=O) groups excluding carboxylic acids is 1. The number of carbonyl (C=O) groups is 1. The quantitative estimate of drug-likeness (QED) is 0.301. The second kappa shape index (κ2) is 9.57. The molecule has 0 saturated heterocycles. The molecule has 0 unspecified atom stereocenters. The van der Waals surface area contributed by atoms with Crippen LogP contribution >= 0.6 is 0 Å². The number of nitriles is 1. The number of benzene rings is 2. The Labute approximate surface area is 166 Å². The predicted octanol–water partition coefficient (Wildman–Crippen LogP) is 4.13. The fourth-order valence-corrected chi connectivity index (χ4v) is 2.43. The molecule has 0 atom stereocenters. The molecule has 0 fully saturated rings. The van der Waals surface area contributed by atoms with E-state index < -0.39 is 27.1 Å². The van der Waals surface area contributed by atoms with Gasteiger partial charge in [-0.15, -0.1) is 0 Å². The zero-order valence-corrected chi connectivity index (χ0v) is 15.4. The summed E-state index contributed by atoms with van der Waals surface area (Å²) < 4.78 is 0. The van der Waals surface area contributed by atoms with E-state index >= 15 is 0 Å². The Morgan fingerprint density at radius 3 is 2.21 bits per heavy atom. The van der Waals surface area contributed by atoms with Crippen LogP contribution in [-0.4, -0.2) is 20.7 Å². The highest BCUT2D eigenvalue weighted by Gasteiger charge is 2.22. The average Bonchev–Trinajstić information content (AvgIpc) is 2.71. The molecule has 9 nitrogen and oxygen atoms in total. The summed E-state index contributed by atoms with van der Waals surface area (Å²) in [5, 5.41) is 30.9. The lowest BCUT2D eigenvalue weighted by Gasteiger charge is -2.19. The maximum absolute atomic E-state index is 13.0. The van der Waals surface area contributed by atoms with Gasteiger partial charge in [-0.05, 0) is 24.1 Å². The number of rotatable bonds is 7. The van der Waals surface area contributed by atoms with Crippen LogP contribution < -0.4 is 0 Å². The molecular formula is C20H16N4O5. The molecule has 146 valence electrons. The second-order valence-electron chi connectivity index (χ2n) is 6.00. The van der Waals surface area contributed by atoms with Gasteiger partial charge in [0.25, 0.3) is 17.3 Å². The zero-order chi connectivity index (χ0) is 21.4. The number of hydrogen-bond acceptors (Lipinski definition) is 6. The van der Waals surface area contributed by atoms with Crippen LogP contribution in [0.1, 0.15) is 22.8 Å². The van der Waals surface area contributed by atoms with Crippen LogP contribution in [0.2, 0.25) is 0 Å². The molecule has 2 aromatic carbocycles. The number of nitro groups is 2. The van der Waals surface area contributed by atoms with Gasteiger partial charge in [-0.25, -0.2) is 0 Å². The van der Waals surface area contributed by atoms with Crippen molar-refractivity contribution in [2.24, 2.45) is 0 Å². The fraction of sp³-hybridized carbons (Fsp3) is 0.100. The zero-order valence-electron chi connectivity index (χ0n) is 15.4. The van der Waals surface area contributed by atoms with Gasteiger partial charge >= 0.3 is 0 Å². The summed E-state index contributed by atoms with van der Waals surface area (Å²) in [6, 6.07) is 13.7. The Hall–Kier alpha value is -4.32. The van der Waals surface area contributed by atoms with E-state index in [-0.39, 0.29) is 12.1 Å². The smallest absolute Gasteiger partial charge is 0.277 e. The first-order valence-electron chi connectivity index (χ1n) is 8.35. The first-order chi connectivity index (χ1) is 13.8. The number of allylic oxidation sites excluding steroid dienone is 3. The van der Waals surface area contributed by atoms with Crippen LogP contribution in [0.15, 0.2) is 72.5 Å². The van der Waals surface area contributed by atoms with Crippen molar-refractivity contribution >= 4 is 17.3 Å². The van der Waals surface area contributed by atoms with Gasteiger partial charge in [0.15, 0.2) is 0 Å². The molecular weight excluding hydrogens is 376 g/mol. The molecule has 0 aliphatic carbocycles. The van der Waals surface area contributed by atoms with E-state index in [2.05, 4.69) is 0 Å². The minimum Gasteiger partial charge on any atom is -0.311 e. The van der Waals surface area contributed by atoms with Crippen molar-refractivity contribution in [1.29, 1.82) is 5.26 Å². The Morgan fingerprint density at radius 1 is 1.10 bits per heavy atom. The summed E-state index contributed by atoms with van der Waals surface area (Å²) in [6.07, 6.45) is 4.26. The van der Waals surface area contributed by atoms with Crippen LogP contribution in [0.25, 0.3) is 0 Å². The lowest BCUT2D eigenvalue weighted by atomic mass is 10.1.